The molecule has 59 heavy (non-hydrogen) atoms. The lowest BCUT2D eigenvalue weighted by Crippen LogP contribution is -1.97. The molecule has 0 spiro atoms. The van der Waals surface area contributed by atoms with Crippen LogP contribution in [0.5, 0.6) is 0 Å². The molecule has 0 radical (unpaired) electrons. The lowest BCUT2D eigenvalue weighted by molar-refractivity contribution is 1.18. The number of nitrogens with zero attached hydrogens (tertiary/aromatic N) is 4. The van der Waals surface area contributed by atoms with Crippen LogP contribution < -0.4 is 0 Å². The van der Waals surface area contributed by atoms with Crippen LogP contribution in [0, 0.1) is 0 Å². The molecular formula is C55H36N4. The summed E-state index contributed by atoms with van der Waals surface area (Å²) in [7, 11) is 0. The Balaban J connectivity index is 1.000. The zero-order valence-electron chi connectivity index (χ0n) is 32.1. The van der Waals surface area contributed by atoms with Gasteiger partial charge in [-0.15, -0.1) is 0 Å². The van der Waals surface area contributed by atoms with Crippen molar-refractivity contribution < 1.29 is 0 Å². The van der Waals surface area contributed by atoms with Crippen LogP contribution in [0.3, 0.4) is 0 Å². The van der Waals surface area contributed by atoms with E-state index in [1.54, 1.807) is 0 Å². The van der Waals surface area contributed by atoms with Gasteiger partial charge in [-0.1, -0.05) is 170 Å². The Morgan fingerprint density at radius 2 is 0.729 bits per heavy atom. The second-order valence-electron chi connectivity index (χ2n) is 14.9. The van der Waals surface area contributed by atoms with Gasteiger partial charge in [-0.05, 0) is 81.9 Å². The van der Waals surface area contributed by atoms with E-state index in [9.17, 15) is 0 Å². The predicted molar refractivity (Wildman–Crippen MR) is 244 cm³/mol. The lowest BCUT2D eigenvalue weighted by atomic mass is 9.98. The topological polar surface area (TPSA) is 43.1 Å². The molecule has 0 fully saturated rings. The van der Waals surface area contributed by atoms with Gasteiger partial charge in [-0.2, -0.15) is 0 Å². The summed E-state index contributed by atoms with van der Waals surface area (Å²) in [4.78, 5) is 15.7. The molecule has 11 aromatic rings. The van der Waals surface area contributed by atoms with Crippen molar-refractivity contribution in [3.05, 3.63) is 218 Å². The number of hydrogen-bond donors (Lipinski definition) is 0. The van der Waals surface area contributed by atoms with Gasteiger partial charge in [0.25, 0.3) is 0 Å². The van der Waals surface area contributed by atoms with Crippen LogP contribution in [0.2, 0.25) is 0 Å². The highest BCUT2D eigenvalue weighted by molar-refractivity contribution is 5.98. The van der Waals surface area contributed by atoms with Crippen molar-refractivity contribution in [2.24, 2.45) is 0 Å². The van der Waals surface area contributed by atoms with Gasteiger partial charge in [-0.25, -0.2) is 15.0 Å². The van der Waals surface area contributed by atoms with Crippen molar-refractivity contribution in [2.45, 2.75) is 0 Å². The molecule has 0 unspecified atom stereocenters. The molecule has 3 heterocycles. The first-order valence-corrected chi connectivity index (χ1v) is 19.9. The Morgan fingerprint density at radius 1 is 0.271 bits per heavy atom. The highest BCUT2D eigenvalue weighted by Gasteiger charge is 2.16. The van der Waals surface area contributed by atoms with E-state index in [-0.39, 0.29) is 0 Å². The smallest absolute Gasteiger partial charge is 0.160 e. The number of para-hydroxylation sites is 3. The number of fused-ring (bicyclic) bond motifs is 5. The van der Waals surface area contributed by atoms with E-state index in [0.717, 1.165) is 78.1 Å². The Bertz CT molecular complexity index is 3210. The van der Waals surface area contributed by atoms with E-state index < -0.39 is 0 Å². The van der Waals surface area contributed by atoms with E-state index in [1.807, 2.05) is 12.1 Å². The summed E-state index contributed by atoms with van der Waals surface area (Å²) in [6.45, 7) is 0. The molecule has 11 rings (SSSR count). The second-order valence-corrected chi connectivity index (χ2v) is 14.9. The Labute approximate surface area is 342 Å². The summed E-state index contributed by atoms with van der Waals surface area (Å²) in [5, 5.41) is 1.20. The first kappa shape index (κ1) is 34.3. The van der Waals surface area contributed by atoms with Gasteiger partial charge >= 0.3 is 0 Å². The zero-order chi connectivity index (χ0) is 39.1. The highest BCUT2D eigenvalue weighted by atomic mass is 14.9. The number of rotatable bonds is 7. The normalized spacial score (nSPS) is 11.4. The fraction of sp³-hybridized carbons (Fsp3) is 0. The first-order valence-electron chi connectivity index (χ1n) is 19.9. The van der Waals surface area contributed by atoms with Gasteiger partial charge in [0, 0.05) is 27.6 Å². The molecule has 0 N–H and O–H groups in total. The maximum absolute atomic E-state index is 5.25. The van der Waals surface area contributed by atoms with Crippen molar-refractivity contribution >= 4 is 27.5 Å². The third-order valence-electron chi connectivity index (χ3n) is 11.2. The summed E-state index contributed by atoms with van der Waals surface area (Å²) >= 11 is 0. The molecule has 276 valence electrons. The number of hydrogen-bond acceptors (Lipinski definition) is 3. The molecule has 0 aliphatic heterocycles. The van der Waals surface area contributed by atoms with Crippen LogP contribution in [0.4, 0.5) is 0 Å². The molecule has 4 nitrogen and oxygen atoms in total. The Kier molecular flexibility index (Phi) is 8.45. The Hall–Kier alpha value is -7.95. The van der Waals surface area contributed by atoms with Crippen LogP contribution in [0.15, 0.2) is 218 Å². The summed E-state index contributed by atoms with van der Waals surface area (Å²) in [6, 6.07) is 76.8. The molecular weight excluding hydrogens is 717 g/mol. The van der Waals surface area contributed by atoms with E-state index in [1.165, 1.54) is 22.0 Å². The summed E-state index contributed by atoms with van der Waals surface area (Å²) in [6.07, 6.45) is 0. The Morgan fingerprint density at radius 3 is 1.36 bits per heavy atom. The minimum atomic E-state index is 0.675. The van der Waals surface area contributed by atoms with Crippen molar-refractivity contribution in [1.82, 2.24) is 19.4 Å². The highest BCUT2D eigenvalue weighted by Crippen LogP contribution is 2.36. The van der Waals surface area contributed by atoms with Crippen LogP contribution in [0.25, 0.3) is 106 Å². The SMILES string of the molecule is c1ccc(-c2cccc(-c3cc(-c4cccc(-c5ccccc5)c4)nc(-c4cccc(-c5ccc(-c6nc7ccccc7n7c6cc6ccccc67)cc5)c4)n3)c2)cc1. The van der Waals surface area contributed by atoms with Crippen LogP contribution in [0.1, 0.15) is 0 Å². The van der Waals surface area contributed by atoms with E-state index >= 15 is 0 Å². The molecule has 0 amide bonds. The summed E-state index contributed by atoms with van der Waals surface area (Å²) in [5.41, 5.74) is 18.0. The van der Waals surface area contributed by atoms with Gasteiger partial charge in [0.05, 0.1) is 39.1 Å². The third kappa shape index (κ3) is 6.43. The second kappa shape index (κ2) is 14.5. The molecule has 0 atom stereocenters. The van der Waals surface area contributed by atoms with Crippen molar-refractivity contribution in [3.8, 4) is 78.5 Å². The van der Waals surface area contributed by atoms with Crippen LogP contribution in [-0.4, -0.2) is 19.4 Å². The molecule has 0 bridgehead atoms. The molecule has 8 aromatic carbocycles. The average Bonchev–Trinajstić information content (AvgIpc) is 3.72. The van der Waals surface area contributed by atoms with E-state index in [4.69, 9.17) is 15.0 Å². The average molecular weight is 753 g/mol. The minimum Gasteiger partial charge on any atom is -0.306 e. The van der Waals surface area contributed by atoms with Gasteiger partial charge in [0.1, 0.15) is 0 Å². The molecule has 0 saturated carbocycles. The number of benzene rings is 8. The zero-order valence-corrected chi connectivity index (χ0v) is 32.1. The molecule has 4 heteroatoms. The van der Waals surface area contributed by atoms with Crippen molar-refractivity contribution in [1.29, 1.82) is 0 Å². The largest absolute Gasteiger partial charge is 0.306 e. The fourth-order valence-corrected chi connectivity index (χ4v) is 8.23. The quantitative estimate of drug-likeness (QED) is 0.163. The van der Waals surface area contributed by atoms with Crippen molar-refractivity contribution in [3.63, 3.8) is 0 Å². The molecule has 0 aliphatic rings. The van der Waals surface area contributed by atoms with E-state index in [2.05, 4.69) is 211 Å². The first-order chi connectivity index (χ1) is 29.2. The monoisotopic (exact) mass is 752 g/mol. The third-order valence-corrected chi connectivity index (χ3v) is 11.2. The minimum absolute atomic E-state index is 0.675. The van der Waals surface area contributed by atoms with Crippen LogP contribution in [-0.2, 0) is 0 Å². The standard InChI is InChI=1S/C55H36N4/c1-3-14-37(15-4-1)41-19-11-22-44(32-41)49-36-50(45-23-12-20-42(33-45)38-16-5-2-6-17-38)58-55(57-49)47-24-13-21-43(34-47)39-28-30-40(31-29-39)54-53-35-46-18-7-9-26-51(46)59(53)52-27-10-8-25-48(52)56-54/h1-36H. The fourth-order valence-electron chi connectivity index (χ4n) is 8.23. The van der Waals surface area contributed by atoms with Crippen LogP contribution >= 0.6 is 0 Å². The predicted octanol–water partition coefficient (Wildman–Crippen LogP) is 14.1. The van der Waals surface area contributed by atoms with Gasteiger partial charge in [-0.3, -0.25) is 0 Å². The van der Waals surface area contributed by atoms with E-state index in [0.29, 0.717) is 5.82 Å². The molecule has 3 aromatic heterocycles. The molecule has 0 saturated heterocycles. The summed E-state index contributed by atoms with van der Waals surface area (Å²) in [5.74, 6) is 0.675. The van der Waals surface area contributed by atoms with Gasteiger partial charge in [0.2, 0.25) is 0 Å². The van der Waals surface area contributed by atoms with Gasteiger partial charge in [0.15, 0.2) is 5.82 Å². The maximum atomic E-state index is 5.25. The lowest BCUT2D eigenvalue weighted by Gasteiger charge is -2.13. The molecule has 0 aliphatic carbocycles. The van der Waals surface area contributed by atoms with Crippen molar-refractivity contribution in [2.75, 3.05) is 0 Å². The number of aromatic nitrogens is 4. The maximum Gasteiger partial charge on any atom is 0.160 e. The summed E-state index contributed by atoms with van der Waals surface area (Å²) < 4.78 is 2.34. The van der Waals surface area contributed by atoms with Gasteiger partial charge < -0.3 is 4.40 Å².